The molecule has 5 aromatic rings. The molecule has 0 spiro atoms. The number of aromatic nitrogens is 4. The van der Waals surface area contributed by atoms with Gasteiger partial charge in [0.25, 0.3) is 5.56 Å². The summed E-state index contributed by atoms with van der Waals surface area (Å²) in [6, 6.07) is 13.8. The molecule has 0 saturated carbocycles. The van der Waals surface area contributed by atoms with Crippen molar-refractivity contribution >= 4 is 33.4 Å². The fraction of sp³-hybridized carbons (Fsp3) is 0.0952. The molecule has 0 aliphatic carbocycles. The van der Waals surface area contributed by atoms with E-state index in [1.54, 1.807) is 10.6 Å². The van der Waals surface area contributed by atoms with Crippen LogP contribution in [0.4, 0.5) is 0 Å². The molecule has 0 N–H and O–H groups in total. The number of aryl methyl sites for hydroxylation is 1. The van der Waals surface area contributed by atoms with Crippen LogP contribution < -0.4 is 10.1 Å². The highest BCUT2D eigenvalue weighted by molar-refractivity contribution is 7.15. The van der Waals surface area contributed by atoms with E-state index in [0.29, 0.717) is 4.53 Å². The number of pyridine rings is 1. The minimum absolute atomic E-state index is 0.0186. The Labute approximate surface area is 158 Å². The summed E-state index contributed by atoms with van der Waals surface area (Å²) in [4.78, 5) is 22.5. The summed E-state index contributed by atoms with van der Waals surface area (Å²) in [5.74, 6) is 0. The zero-order valence-corrected chi connectivity index (χ0v) is 15.7. The van der Waals surface area contributed by atoms with Gasteiger partial charge in [-0.05, 0) is 55.8 Å². The second kappa shape index (κ2) is 5.89. The smallest absolute Gasteiger partial charge is 0.274 e. The van der Waals surface area contributed by atoms with Crippen molar-refractivity contribution in [2.75, 3.05) is 0 Å². The average Bonchev–Trinajstić information content (AvgIpc) is 3.28. The van der Waals surface area contributed by atoms with E-state index in [1.165, 1.54) is 11.3 Å². The molecular weight excluding hydrogens is 356 g/mol. The van der Waals surface area contributed by atoms with Crippen LogP contribution >= 0.6 is 11.3 Å². The number of hydrogen-bond donors (Lipinski definition) is 0. The van der Waals surface area contributed by atoms with Gasteiger partial charge in [0, 0.05) is 17.6 Å². The number of para-hydroxylation sites is 2. The van der Waals surface area contributed by atoms with Crippen molar-refractivity contribution in [1.29, 1.82) is 0 Å². The van der Waals surface area contributed by atoms with E-state index in [-0.39, 0.29) is 5.56 Å². The molecule has 6 heteroatoms. The highest BCUT2D eigenvalue weighted by Gasteiger charge is 2.13. The summed E-state index contributed by atoms with van der Waals surface area (Å²) in [7, 11) is 0. The van der Waals surface area contributed by atoms with Gasteiger partial charge in [-0.25, -0.2) is 9.38 Å². The Kier molecular flexibility index (Phi) is 3.48. The van der Waals surface area contributed by atoms with Gasteiger partial charge >= 0.3 is 0 Å². The Hall–Kier alpha value is -3.25. The maximum Gasteiger partial charge on any atom is 0.274 e. The van der Waals surface area contributed by atoms with Crippen LogP contribution in [0, 0.1) is 13.8 Å². The van der Waals surface area contributed by atoms with Gasteiger partial charge in [0.15, 0.2) is 4.96 Å². The van der Waals surface area contributed by atoms with Crippen LogP contribution in [-0.2, 0) is 0 Å². The van der Waals surface area contributed by atoms with E-state index >= 15 is 0 Å². The van der Waals surface area contributed by atoms with Crippen molar-refractivity contribution in [2.24, 2.45) is 0 Å². The molecule has 1 aromatic carbocycles. The van der Waals surface area contributed by atoms with Gasteiger partial charge in [0.2, 0.25) is 0 Å². The molecule has 0 bridgehead atoms. The zero-order valence-electron chi connectivity index (χ0n) is 14.9. The van der Waals surface area contributed by atoms with Crippen molar-refractivity contribution in [3.05, 3.63) is 86.7 Å². The Morgan fingerprint density at radius 1 is 1.11 bits per heavy atom. The molecular formula is C21H16N4OS. The highest BCUT2D eigenvalue weighted by Crippen LogP contribution is 2.21. The molecule has 4 aromatic heterocycles. The van der Waals surface area contributed by atoms with Gasteiger partial charge in [-0.2, -0.15) is 0 Å². The number of thiazole rings is 1. The lowest BCUT2D eigenvalue weighted by Gasteiger charge is -2.08. The molecule has 0 unspecified atom stereocenters. The molecule has 0 radical (unpaired) electrons. The first kappa shape index (κ1) is 16.0. The molecule has 4 heterocycles. The van der Waals surface area contributed by atoms with Crippen molar-refractivity contribution in [3.8, 4) is 5.69 Å². The van der Waals surface area contributed by atoms with Gasteiger partial charge in [-0.1, -0.05) is 23.5 Å². The average molecular weight is 372 g/mol. The monoisotopic (exact) mass is 372 g/mol. The number of benzene rings is 1. The molecule has 0 amide bonds. The molecule has 0 saturated heterocycles. The number of imidazole rings is 1. The Morgan fingerprint density at radius 2 is 1.96 bits per heavy atom. The van der Waals surface area contributed by atoms with Crippen LogP contribution in [0.2, 0.25) is 0 Å². The van der Waals surface area contributed by atoms with Crippen LogP contribution in [0.5, 0.6) is 0 Å². The van der Waals surface area contributed by atoms with Crippen molar-refractivity contribution in [2.45, 2.75) is 13.8 Å². The first-order chi connectivity index (χ1) is 13.1. The standard InChI is InChI=1S/C21H16N4OS/c1-13-10-15(14(2)24(13)16-6-5-9-22-12-16)11-19-20(26)25-18-8-4-3-7-17(18)23-21(25)27-19/h3-12H,1-2H3. The lowest BCUT2D eigenvalue weighted by molar-refractivity contribution is 0.954. The molecule has 27 heavy (non-hydrogen) atoms. The third-order valence-electron chi connectivity index (χ3n) is 4.81. The summed E-state index contributed by atoms with van der Waals surface area (Å²) < 4.78 is 4.54. The van der Waals surface area contributed by atoms with Crippen molar-refractivity contribution in [3.63, 3.8) is 0 Å². The normalized spacial score (nSPS) is 12.4. The molecule has 0 fully saturated rings. The highest BCUT2D eigenvalue weighted by atomic mass is 32.1. The quantitative estimate of drug-likeness (QED) is 0.478. The molecule has 132 valence electrons. The molecule has 5 nitrogen and oxygen atoms in total. The van der Waals surface area contributed by atoms with Crippen LogP contribution in [0.25, 0.3) is 27.8 Å². The SMILES string of the molecule is Cc1cc(C=c2sc3nc4ccccc4n3c2=O)c(C)n1-c1cccnc1. The van der Waals surface area contributed by atoms with E-state index < -0.39 is 0 Å². The predicted molar refractivity (Wildman–Crippen MR) is 109 cm³/mol. The number of nitrogens with zero attached hydrogens (tertiary/aromatic N) is 4. The third kappa shape index (κ3) is 2.41. The fourth-order valence-corrected chi connectivity index (χ4v) is 4.55. The predicted octanol–water partition coefficient (Wildman–Crippen LogP) is 3.26. The van der Waals surface area contributed by atoms with Crippen LogP contribution in [0.3, 0.4) is 0 Å². The molecule has 5 rings (SSSR count). The number of hydrogen-bond acceptors (Lipinski definition) is 4. The summed E-state index contributed by atoms with van der Waals surface area (Å²) in [6.07, 6.45) is 5.57. The maximum atomic E-state index is 13.0. The lowest BCUT2D eigenvalue weighted by Crippen LogP contribution is -2.22. The van der Waals surface area contributed by atoms with Gasteiger partial charge in [-0.15, -0.1) is 0 Å². The summed E-state index contributed by atoms with van der Waals surface area (Å²) in [5, 5.41) is 0. The number of fused-ring (bicyclic) bond motifs is 3. The lowest BCUT2D eigenvalue weighted by atomic mass is 10.2. The van der Waals surface area contributed by atoms with Crippen LogP contribution in [0.1, 0.15) is 17.0 Å². The van der Waals surface area contributed by atoms with Crippen LogP contribution in [0.15, 0.2) is 59.7 Å². The Balaban J connectivity index is 1.72. The third-order valence-corrected chi connectivity index (χ3v) is 5.77. The Morgan fingerprint density at radius 3 is 2.78 bits per heavy atom. The fourth-order valence-electron chi connectivity index (χ4n) is 3.57. The topological polar surface area (TPSA) is 52.2 Å². The van der Waals surface area contributed by atoms with E-state index in [2.05, 4.69) is 34.4 Å². The molecule has 0 atom stereocenters. The van der Waals surface area contributed by atoms with Gasteiger partial charge in [0.05, 0.1) is 27.4 Å². The summed E-state index contributed by atoms with van der Waals surface area (Å²) >= 11 is 1.43. The Bertz CT molecular complexity index is 1410. The van der Waals surface area contributed by atoms with Crippen molar-refractivity contribution < 1.29 is 0 Å². The second-order valence-electron chi connectivity index (χ2n) is 6.51. The van der Waals surface area contributed by atoms with Crippen LogP contribution in [-0.4, -0.2) is 18.9 Å². The van der Waals surface area contributed by atoms with Gasteiger partial charge in [-0.3, -0.25) is 9.78 Å². The first-order valence-electron chi connectivity index (χ1n) is 8.64. The van der Waals surface area contributed by atoms with Crippen molar-refractivity contribution in [1.82, 2.24) is 18.9 Å². The van der Waals surface area contributed by atoms with Gasteiger partial charge in [0.1, 0.15) is 0 Å². The van der Waals surface area contributed by atoms with E-state index in [1.807, 2.05) is 48.7 Å². The summed E-state index contributed by atoms with van der Waals surface area (Å²) in [6.45, 7) is 4.12. The second-order valence-corrected chi connectivity index (χ2v) is 7.52. The largest absolute Gasteiger partial charge is 0.316 e. The molecule has 0 aliphatic rings. The van der Waals surface area contributed by atoms with Gasteiger partial charge < -0.3 is 4.57 Å². The minimum Gasteiger partial charge on any atom is -0.316 e. The van der Waals surface area contributed by atoms with E-state index in [4.69, 9.17) is 0 Å². The van der Waals surface area contributed by atoms with E-state index in [0.717, 1.165) is 38.6 Å². The molecule has 0 aliphatic heterocycles. The summed E-state index contributed by atoms with van der Waals surface area (Å²) in [5.41, 5.74) is 5.91. The first-order valence-corrected chi connectivity index (χ1v) is 9.46. The zero-order chi connectivity index (χ0) is 18.5. The maximum absolute atomic E-state index is 13.0. The number of rotatable bonds is 2. The van der Waals surface area contributed by atoms with E-state index in [9.17, 15) is 4.79 Å². The minimum atomic E-state index is -0.0186.